The second-order valence-electron chi connectivity index (χ2n) is 7.24. The van der Waals surface area contributed by atoms with Crippen LogP contribution in [0.15, 0.2) is 48.5 Å². The molecule has 1 atom stereocenters. The van der Waals surface area contributed by atoms with E-state index in [0.29, 0.717) is 30.2 Å². The first-order valence-electron chi connectivity index (χ1n) is 9.93. The molecule has 7 heteroatoms. The van der Waals surface area contributed by atoms with Crippen molar-refractivity contribution >= 4 is 23.3 Å². The zero-order valence-corrected chi connectivity index (χ0v) is 17.2. The highest BCUT2D eigenvalue weighted by atomic mass is 16.5. The van der Waals surface area contributed by atoms with Crippen LogP contribution in [0.5, 0.6) is 11.5 Å². The summed E-state index contributed by atoms with van der Waals surface area (Å²) >= 11 is 0. The minimum absolute atomic E-state index is 0.0796. The van der Waals surface area contributed by atoms with E-state index in [9.17, 15) is 14.4 Å². The number of ether oxygens (including phenoxy) is 2. The van der Waals surface area contributed by atoms with E-state index >= 15 is 0 Å². The van der Waals surface area contributed by atoms with Gasteiger partial charge in [-0.15, -0.1) is 0 Å². The van der Waals surface area contributed by atoms with Crippen LogP contribution < -0.4 is 14.8 Å². The maximum Gasteiger partial charge on any atom is 0.260 e. The molecule has 2 aromatic carbocycles. The third-order valence-corrected chi connectivity index (χ3v) is 5.11. The van der Waals surface area contributed by atoms with Gasteiger partial charge in [0.05, 0.1) is 13.0 Å². The van der Waals surface area contributed by atoms with E-state index in [1.807, 2.05) is 30.3 Å². The summed E-state index contributed by atoms with van der Waals surface area (Å²) in [5, 5.41) is 2.91. The van der Waals surface area contributed by atoms with E-state index in [-0.39, 0.29) is 30.1 Å². The fourth-order valence-electron chi connectivity index (χ4n) is 3.42. The van der Waals surface area contributed by atoms with Gasteiger partial charge in [-0.05, 0) is 50.1 Å². The average Bonchev–Trinajstić information content (AvgIpc) is 2.78. The Labute approximate surface area is 176 Å². The Kier molecular flexibility index (Phi) is 7.06. The number of ketones is 1. The number of para-hydroxylation sites is 1. The minimum atomic E-state index is -0.257. The highest BCUT2D eigenvalue weighted by molar-refractivity contribution is 5.95. The Bertz CT molecular complexity index is 913. The number of amides is 2. The van der Waals surface area contributed by atoms with E-state index in [4.69, 9.17) is 9.47 Å². The molecule has 0 aromatic heterocycles. The number of benzene rings is 2. The summed E-state index contributed by atoms with van der Waals surface area (Å²) in [6, 6.07) is 14.1. The van der Waals surface area contributed by atoms with Crippen LogP contribution in [0.2, 0.25) is 0 Å². The lowest BCUT2D eigenvalue weighted by atomic mass is 9.97. The van der Waals surface area contributed by atoms with Gasteiger partial charge >= 0.3 is 0 Å². The molecule has 2 aromatic rings. The van der Waals surface area contributed by atoms with E-state index < -0.39 is 0 Å². The van der Waals surface area contributed by atoms with Gasteiger partial charge in [0, 0.05) is 24.3 Å². The largest absolute Gasteiger partial charge is 0.493 e. The van der Waals surface area contributed by atoms with E-state index in [0.717, 1.165) is 18.5 Å². The number of nitrogens with one attached hydrogen (secondary N) is 1. The molecule has 158 valence electrons. The molecule has 0 radical (unpaired) electrons. The third-order valence-electron chi connectivity index (χ3n) is 5.11. The van der Waals surface area contributed by atoms with Gasteiger partial charge in [-0.2, -0.15) is 0 Å². The fourth-order valence-corrected chi connectivity index (χ4v) is 3.42. The van der Waals surface area contributed by atoms with Crippen LogP contribution in [0.1, 0.15) is 30.1 Å². The number of likely N-dealkylation sites (tertiary alicyclic amines) is 1. The zero-order valence-electron chi connectivity index (χ0n) is 17.2. The molecule has 0 spiro atoms. The topological polar surface area (TPSA) is 84.9 Å². The van der Waals surface area contributed by atoms with Crippen molar-refractivity contribution in [1.82, 2.24) is 4.90 Å². The highest BCUT2D eigenvalue weighted by Gasteiger charge is 2.28. The molecule has 1 N–H and O–H groups in total. The molecule has 3 rings (SSSR count). The molecule has 7 nitrogen and oxygen atoms in total. The lowest BCUT2D eigenvalue weighted by Gasteiger charge is -2.32. The smallest absolute Gasteiger partial charge is 0.260 e. The second kappa shape index (κ2) is 9.91. The maximum atomic E-state index is 12.6. The first-order valence-corrected chi connectivity index (χ1v) is 9.93. The average molecular weight is 410 g/mol. The molecule has 0 bridgehead atoms. The summed E-state index contributed by atoms with van der Waals surface area (Å²) in [6.07, 6.45) is 1.50. The van der Waals surface area contributed by atoms with Crippen LogP contribution in [-0.4, -0.2) is 49.3 Å². The first-order chi connectivity index (χ1) is 14.5. The van der Waals surface area contributed by atoms with Gasteiger partial charge in [0.1, 0.15) is 0 Å². The van der Waals surface area contributed by atoms with E-state index in [1.165, 1.54) is 14.0 Å². The number of carbonyl (C=O) groups excluding carboxylic acids is 3. The molecule has 2 amide bonds. The molecular formula is C23H26N2O5. The summed E-state index contributed by atoms with van der Waals surface area (Å²) in [5.74, 6) is 0.183. The first kappa shape index (κ1) is 21.4. The molecule has 0 aliphatic carbocycles. The van der Waals surface area contributed by atoms with Crippen LogP contribution in [0.25, 0.3) is 0 Å². The van der Waals surface area contributed by atoms with Gasteiger partial charge in [0.2, 0.25) is 5.91 Å². The zero-order chi connectivity index (χ0) is 21.5. The van der Waals surface area contributed by atoms with Gasteiger partial charge in [0.15, 0.2) is 23.9 Å². The number of Topliss-reactive ketones (excluding diaryl/α,β-unsaturated/α-hetero) is 1. The van der Waals surface area contributed by atoms with Crippen LogP contribution in [0, 0.1) is 5.92 Å². The number of rotatable bonds is 7. The number of carbonyl (C=O) groups is 3. The lowest BCUT2D eigenvalue weighted by Crippen LogP contribution is -2.45. The normalized spacial score (nSPS) is 15.9. The summed E-state index contributed by atoms with van der Waals surface area (Å²) in [5.41, 5.74) is 1.25. The second-order valence-corrected chi connectivity index (χ2v) is 7.24. The van der Waals surface area contributed by atoms with Crippen LogP contribution in [0.3, 0.4) is 0 Å². The maximum absolute atomic E-state index is 12.6. The SMILES string of the molecule is COc1cc(C(C)=O)ccc1OCC(=O)N1CCCC(C(=O)Nc2ccccc2)C1. The molecule has 30 heavy (non-hydrogen) atoms. The Morgan fingerprint density at radius 2 is 1.87 bits per heavy atom. The summed E-state index contributed by atoms with van der Waals surface area (Å²) in [6.45, 7) is 2.27. The van der Waals surface area contributed by atoms with Crippen molar-refractivity contribution in [3.63, 3.8) is 0 Å². The Morgan fingerprint density at radius 1 is 1.10 bits per heavy atom. The standard InChI is InChI=1S/C23H26N2O5/c1-16(26)17-10-11-20(21(13-17)29-2)30-15-22(27)25-12-6-7-18(14-25)23(28)24-19-8-4-3-5-9-19/h3-5,8-11,13,18H,6-7,12,14-15H2,1-2H3,(H,24,28). The van der Waals surface area contributed by atoms with Crippen LogP contribution in [-0.2, 0) is 9.59 Å². The van der Waals surface area contributed by atoms with Gasteiger partial charge in [-0.25, -0.2) is 0 Å². The monoisotopic (exact) mass is 410 g/mol. The lowest BCUT2D eigenvalue weighted by molar-refractivity contribution is -0.136. The summed E-state index contributed by atoms with van der Waals surface area (Å²) < 4.78 is 10.9. The number of piperidine rings is 1. The summed E-state index contributed by atoms with van der Waals surface area (Å²) in [7, 11) is 1.48. The fraction of sp³-hybridized carbons (Fsp3) is 0.348. The molecule has 1 aliphatic rings. The molecule has 1 unspecified atom stereocenters. The number of anilines is 1. The molecule has 1 fully saturated rings. The number of hydrogen-bond donors (Lipinski definition) is 1. The van der Waals surface area contributed by atoms with Crippen molar-refractivity contribution < 1.29 is 23.9 Å². The van der Waals surface area contributed by atoms with Crippen LogP contribution >= 0.6 is 0 Å². The quantitative estimate of drug-likeness (QED) is 0.709. The number of methoxy groups -OCH3 is 1. The van der Waals surface area contributed by atoms with Crippen molar-refractivity contribution in [1.29, 1.82) is 0 Å². The van der Waals surface area contributed by atoms with Crippen molar-refractivity contribution in [2.24, 2.45) is 5.92 Å². The Balaban J connectivity index is 1.56. The molecule has 1 saturated heterocycles. The van der Waals surface area contributed by atoms with Crippen LogP contribution in [0.4, 0.5) is 5.69 Å². The Hall–Kier alpha value is -3.35. The Morgan fingerprint density at radius 3 is 2.57 bits per heavy atom. The number of nitrogens with zero attached hydrogens (tertiary/aromatic N) is 1. The molecule has 0 saturated carbocycles. The predicted octanol–water partition coefficient (Wildman–Crippen LogP) is 3.15. The van der Waals surface area contributed by atoms with Crippen molar-refractivity contribution in [2.75, 3.05) is 32.1 Å². The van der Waals surface area contributed by atoms with Gasteiger partial charge in [-0.3, -0.25) is 14.4 Å². The van der Waals surface area contributed by atoms with E-state index in [2.05, 4.69) is 5.32 Å². The van der Waals surface area contributed by atoms with Crippen molar-refractivity contribution in [3.05, 3.63) is 54.1 Å². The van der Waals surface area contributed by atoms with Gasteiger partial charge in [0.25, 0.3) is 5.91 Å². The van der Waals surface area contributed by atoms with Gasteiger partial charge in [-0.1, -0.05) is 18.2 Å². The minimum Gasteiger partial charge on any atom is -0.493 e. The molecular weight excluding hydrogens is 384 g/mol. The molecule has 1 aliphatic heterocycles. The highest BCUT2D eigenvalue weighted by Crippen LogP contribution is 2.28. The van der Waals surface area contributed by atoms with Crippen molar-refractivity contribution in [3.8, 4) is 11.5 Å². The summed E-state index contributed by atoms with van der Waals surface area (Å²) in [4.78, 5) is 38.4. The van der Waals surface area contributed by atoms with Crippen molar-refractivity contribution in [2.45, 2.75) is 19.8 Å². The third kappa shape index (κ3) is 5.37. The molecule has 1 heterocycles. The number of hydrogen-bond acceptors (Lipinski definition) is 5. The van der Waals surface area contributed by atoms with Gasteiger partial charge < -0.3 is 19.7 Å². The predicted molar refractivity (Wildman–Crippen MR) is 113 cm³/mol. The van der Waals surface area contributed by atoms with E-state index in [1.54, 1.807) is 23.1 Å².